The average molecular weight is 269 g/mol. The number of hydrogen-bond acceptors (Lipinski definition) is 4. The maximum Gasteiger partial charge on any atom is 0.259 e. The van der Waals surface area contributed by atoms with E-state index in [0.29, 0.717) is 11.3 Å². The Kier molecular flexibility index (Phi) is 3.91. The van der Waals surface area contributed by atoms with Crippen LogP contribution >= 0.6 is 0 Å². The maximum absolute atomic E-state index is 11.8. The van der Waals surface area contributed by atoms with Crippen molar-refractivity contribution in [1.29, 1.82) is 10.5 Å². The first-order valence-electron chi connectivity index (χ1n) is 6.42. The molecule has 2 rings (SSSR count). The smallest absolute Gasteiger partial charge is 0.259 e. The van der Waals surface area contributed by atoms with Crippen LogP contribution in [0.25, 0.3) is 0 Å². The molecule has 1 atom stereocenters. The lowest BCUT2D eigenvalue weighted by molar-refractivity contribution is -0.124. The van der Waals surface area contributed by atoms with Crippen LogP contribution in [0.4, 0.5) is 0 Å². The van der Waals surface area contributed by atoms with Crippen LogP contribution in [0.5, 0.6) is 5.75 Å². The van der Waals surface area contributed by atoms with E-state index < -0.39 is 5.54 Å². The predicted molar refractivity (Wildman–Crippen MR) is 71.5 cm³/mol. The number of carbonyl (C=O) groups is 1. The first kappa shape index (κ1) is 13.9. The summed E-state index contributed by atoms with van der Waals surface area (Å²) in [6.07, 6.45) is 1.94. The SMILES string of the molecule is CC(C#N)(NC(=O)COc1cccc(C#N)c1)C1CC1. The Morgan fingerprint density at radius 1 is 1.50 bits per heavy atom. The maximum atomic E-state index is 11.8. The highest BCUT2D eigenvalue weighted by Gasteiger charge is 2.43. The molecule has 0 aromatic heterocycles. The van der Waals surface area contributed by atoms with Gasteiger partial charge in [0.05, 0.1) is 17.7 Å². The third-order valence-corrected chi connectivity index (χ3v) is 3.36. The Labute approximate surface area is 117 Å². The predicted octanol–water partition coefficient (Wildman–Crippen LogP) is 1.75. The molecule has 0 heterocycles. The average Bonchev–Trinajstić information content (AvgIpc) is 3.30. The Balaban J connectivity index is 1.89. The van der Waals surface area contributed by atoms with E-state index in [1.54, 1.807) is 31.2 Å². The minimum absolute atomic E-state index is 0.168. The highest BCUT2D eigenvalue weighted by atomic mass is 16.5. The first-order chi connectivity index (χ1) is 9.57. The molecule has 5 nitrogen and oxygen atoms in total. The van der Waals surface area contributed by atoms with Crippen LogP contribution in [0.1, 0.15) is 25.3 Å². The van der Waals surface area contributed by atoms with Gasteiger partial charge >= 0.3 is 0 Å². The monoisotopic (exact) mass is 269 g/mol. The fraction of sp³-hybridized carbons (Fsp3) is 0.400. The van der Waals surface area contributed by atoms with Crippen LogP contribution < -0.4 is 10.1 Å². The first-order valence-corrected chi connectivity index (χ1v) is 6.42. The fourth-order valence-corrected chi connectivity index (χ4v) is 2.01. The molecule has 1 unspecified atom stereocenters. The van der Waals surface area contributed by atoms with Crippen molar-refractivity contribution in [3.63, 3.8) is 0 Å². The van der Waals surface area contributed by atoms with Crippen molar-refractivity contribution in [3.05, 3.63) is 29.8 Å². The van der Waals surface area contributed by atoms with E-state index in [0.717, 1.165) is 12.8 Å². The molecule has 1 amide bonds. The normalized spacial score (nSPS) is 16.4. The Morgan fingerprint density at radius 2 is 2.25 bits per heavy atom. The summed E-state index contributed by atoms with van der Waals surface area (Å²) in [4.78, 5) is 11.8. The summed E-state index contributed by atoms with van der Waals surface area (Å²) in [5.41, 5.74) is -0.336. The molecule has 0 aliphatic heterocycles. The molecule has 0 radical (unpaired) electrons. The molecule has 1 saturated carbocycles. The van der Waals surface area contributed by atoms with E-state index in [2.05, 4.69) is 11.4 Å². The van der Waals surface area contributed by atoms with Crippen LogP contribution in [0.3, 0.4) is 0 Å². The summed E-state index contributed by atoms with van der Waals surface area (Å²) >= 11 is 0. The van der Waals surface area contributed by atoms with Gasteiger partial charge in [-0.25, -0.2) is 0 Å². The molecule has 1 aromatic rings. The number of rotatable bonds is 5. The second-order valence-electron chi connectivity index (χ2n) is 5.06. The minimum Gasteiger partial charge on any atom is -0.484 e. The molecule has 0 bridgehead atoms. The molecule has 1 N–H and O–H groups in total. The number of nitriles is 2. The van der Waals surface area contributed by atoms with Gasteiger partial charge in [0.2, 0.25) is 0 Å². The highest BCUT2D eigenvalue weighted by Crippen LogP contribution is 2.39. The van der Waals surface area contributed by atoms with Crippen molar-refractivity contribution in [2.24, 2.45) is 5.92 Å². The molecule has 102 valence electrons. The molecular weight excluding hydrogens is 254 g/mol. The fourth-order valence-electron chi connectivity index (χ4n) is 2.01. The second kappa shape index (κ2) is 5.63. The third-order valence-electron chi connectivity index (χ3n) is 3.36. The van der Waals surface area contributed by atoms with Gasteiger partial charge < -0.3 is 10.1 Å². The van der Waals surface area contributed by atoms with Gasteiger partial charge in [-0.05, 0) is 43.9 Å². The zero-order chi connectivity index (χ0) is 14.6. The van der Waals surface area contributed by atoms with Gasteiger partial charge in [0.1, 0.15) is 11.3 Å². The van der Waals surface area contributed by atoms with Crippen molar-refractivity contribution in [2.45, 2.75) is 25.3 Å². The molecule has 1 aromatic carbocycles. The largest absolute Gasteiger partial charge is 0.484 e. The second-order valence-corrected chi connectivity index (χ2v) is 5.06. The van der Waals surface area contributed by atoms with Crippen molar-refractivity contribution in [1.82, 2.24) is 5.32 Å². The number of hydrogen-bond donors (Lipinski definition) is 1. The zero-order valence-corrected chi connectivity index (χ0v) is 11.2. The molecule has 1 aliphatic rings. The van der Waals surface area contributed by atoms with Crippen LogP contribution in [0.2, 0.25) is 0 Å². The molecule has 1 aliphatic carbocycles. The van der Waals surface area contributed by atoms with Crippen molar-refractivity contribution in [2.75, 3.05) is 6.61 Å². The highest BCUT2D eigenvalue weighted by molar-refractivity contribution is 5.79. The van der Waals surface area contributed by atoms with Gasteiger partial charge in [0.15, 0.2) is 6.61 Å². The summed E-state index contributed by atoms with van der Waals surface area (Å²) in [5, 5.41) is 20.6. The van der Waals surface area contributed by atoms with Crippen molar-refractivity contribution < 1.29 is 9.53 Å². The summed E-state index contributed by atoms with van der Waals surface area (Å²) in [6, 6.07) is 10.8. The number of benzene rings is 1. The summed E-state index contributed by atoms with van der Waals surface area (Å²) in [6.45, 7) is 1.57. The lowest BCUT2D eigenvalue weighted by atomic mass is 9.98. The van der Waals surface area contributed by atoms with Gasteiger partial charge in [-0.1, -0.05) is 6.07 Å². The lowest BCUT2D eigenvalue weighted by Crippen LogP contribution is -2.48. The quantitative estimate of drug-likeness (QED) is 0.882. The number of nitrogens with zero attached hydrogens (tertiary/aromatic N) is 2. The minimum atomic E-state index is -0.811. The topological polar surface area (TPSA) is 85.9 Å². The summed E-state index contributed by atoms with van der Waals surface area (Å²) < 4.78 is 5.33. The van der Waals surface area contributed by atoms with Gasteiger partial charge in [-0.3, -0.25) is 4.79 Å². The molecular formula is C15H15N3O2. The molecule has 0 spiro atoms. The van der Waals surface area contributed by atoms with E-state index in [1.807, 2.05) is 6.07 Å². The van der Waals surface area contributed by atoms with E-state index in [4.69, 9.17) is 15.3 Å². The Morgan fingerprint density at radius 3 is 2.85 bits per heavy atom. The molecule has 20 heavy (non-hydrogen) atoms. The summed E-state index contributed by atoms with van der Waals surface area (Å²) in [5.74, 6) is 0.367. The molecule has 0 saturated heterocycles. The van der Waals surface area contributed by atoms with E-state index >= 15 is 0 Å². The van der Waals surface area contributed by atoms with E-state index in [-0.39, 0.29) is 18.4 Å². The van der Waals surface area contributed by atoms with Gasteiger partial charge in [-0.15, -0.1) is 0 Å². The zero-order valence-electron chi connectivity index (χ0n) is 11.2. The number of amides is 1. The van der Waals surface area contributed by atoms with Crippen LogP contribution in [0.15, 0.2) is 24.3 Å². The van der Waals surface area contributed by atoms with Crippen LogP contribution in [0, 0.1) is 28.6 Å². The van der Waals surface area contributed by atoms with Gasteiger partial charge in [-0.2, -0.15) is 10.5 Å². The van der Waals surface area contributed by atoms with E-state index in [1.165, 1.54) is 0 Å². The van der Waals surface area contributed by atoms with Crippen LogP contribution in [-0.4, -0.2) is 18.1 Å². The van der Waals surface area contributed by atoms with Gasteiger partial charge in [0, 0.05) is 0 Å². The molecule has 5 heteroatoms. The Bertz CT molecular complexity index is 596. The van der Waals surface area contributed by atoms with E-state index in [9.17, 15) is 4.79 Å². The lowest BCUT2D eigenvalue weighted by Gasteiger charge is -2.22. The summed E-state index contributed by atoms with van der Waals surface area (Å²) in [7, 11) is 0. The number of carbonyl (C=O) groups excluding carboxylic acids is 1. The third kappa shape index (κ3) is 3.27. The van der Waals surface area contributed by atoms with Crippen molar-refractivity contribution in [3.8, 4) is 17.9 Å². The standard InChI is InChI=1S/C15H15N3O2/c1-15(10-17,12-5-6-12)18-14(19)9-20-13-4-2-3-11(7-13)8-16/h2-4,7,12H,5-6,9H2,1H3,(H,18,19). The van der Waals surface area contributed by atoms with Crippen LogP contribution in [-0.2, 0) is 4.79 Å². The number of nitrogens with one attached hydrogen (secondary N) is 1. The van der Waals surface area contributed by atoms with Gasteiger partial charge in [0.25, 0.3) is 5.91 Å². The number of ether oxygens (including phenoxy) is 1. The van der Waals surface area contributed by atoms with Crippen molar-refractivity contribution >= 4 is 5.91 Å². The Hall–Kier alpha value is -2.53. The molecule has 1 fully saturated rings.